The second-order valence-corrected chi connectivity index (χ2v) is 6.02. The minimum absolute atomic E-state index is 0.0654. The van der Waals surface area contributed by atoms with E-state index in [0.717, 1.165) is 5.56 Å². The Morgan fingerprint density at radius 1 is 1.19 bits per heavy atom. The molecule has 0 spiro atoms. The molecule has 0 aliphatic heterocycles. The van der Waals surface area contributed by atoms with Crippen LogP contribution in [0.25, 0.3) is 0 Å². The number of carbonyl (C=O) groups is 2. The standard InChI is InChI=1S/C17H16ClN3O4S/c1-10-8-11(18)6-7-14(10)25-9-15(23)19-17(26)21-20-16(24)12-4-2-3-5-13(12)22/h2-8,22H,9H2,1H3,(H,20,24)(H2,19,21,23,26). The van der Waals surface area contributed by atoms with Crippen LogP contribution in [0.4, 0.5) is 0 Å². The van der Waals surface area contributed by atoms with E-state index in [1.807, 2.05) is 0 Å². The van der Waals surface area contributed by atoms with Gasteiger partial charge in [-0.3, -0.25) is 25.8 Å². The van der Waals surface area contributed by atoms with E-state index in [2.05, 4.69) is 16.2 Å². The molecule has 0 saturated carbocycles. The number of ether oxygens (including phenoxy) is 1. The molecular weight excluding hydrogens is 378 g/mol. The lowest BCUT2D eigenvalue weighted by atomic mass is 10.2. The molecular formula is C17H16ClN3O4S. The average molecular weight is 394 g/mol. The molecule has 26 heavy (non-hydrogen) atoms. The highest BCUT2D eigenvalue weighted by Crippen LogP contribution is 2.21. The number of para-hydroxylation sites is 1. The van der Waals surface area contributed by atoms with Crippen LogP contribution in [-0.2, 0) is 4.79 Å². The van der Waals surface area contributed by atoms with Gasteiger partial charge in [0, 0.05) is 5.02 Å². The van der Waals surface area contributed by atoms with Gasteiger partial charge < -0.3 is 9.84 Å². The topological polar surface area (TPSA) is 99.7 Å². The number of hydrogen-bond acceptors (Lipinski definition) is 5. The lowest BCUT2D eigenvalue weighted by Gasteiger charge is -2.12. The van der Waals surface area contributed by atoms with Crippen molar-refractivity contribution in [2.75, 3.05) is 6.61 Å². The van der Waals surface area contributed by atoms with E-state index in [1.54, 1.807) is 37.3 Å². The zero-order valence-corrected chi connectivity index (χ0v) is 15.3. The number of phenolic OH excluding ortho intramolecular Hbond substituents is 1. The number of phenols is 1. The molecule has 0 atom stereocenters. The Morgan fingerprint density at radius 3 is 2.62 bits per heavy atom. The highest BCUT2D eigenvalue weighted by atomic mass is 35.5. The van der Waals surface area contributed by atoms with Crippen molar-refractivity contribution in [1.29, 1.82) is 0 Å². The molecule has 2 aromatic carbocycles. The largest absolute Gasteiger partial charge is 0.507 e. The van der Waals surface area contributed by atoms with Crippen molar-refractivity contribution in [2.45, 2.75) is 6.92 Å². The van der Waals surface area contributed by atoms with Gasteiger partial charge in [0.2, 0.25) is 0 Å². The summed E-state index contributed by atoms with van der Waals surface area (Å²) in [5.41, 5.74) is 5.50. The third kappa shape index (κ3) is 5.61. The normalized spacial score (nSPS) is 9.92. The first-order valence-electron chi connectivity index (χ1n) is 7.44. The zero-order chi connectivity index (χ0) is 19.1. The van der Waals surface area contributed by atoms with Gasteiger partial charge in [-0.1, -0.05) is 23.7 Å². The van der Waals surface area contributed by atoms with Gasteiger partial charge in [-0.25, -0.2) is 0 Å². The first-order chi connectivity index (χ1) is 12.4. The summed E-state index contributed by atoms with van der Waals surface area (Å²) in [5, 5.41) is 12.4. The summed E-state index contributed by atoms with van der Waals surface area (Å²) in [7, 11) is 0. The van der Waals surface area contributed by atoms with Crippen molar-refractivity contribution in [1.82, 2.24) is 16.2 Å². The molecule has 0 aromatic heterocycles. The van der Waals surface area contributed by atoms with Crippen molar-refractivity contribution >= 4 is 40.7 Å². The predicted octanol–water partition coefficient (Wildman–Crippen LogP) is 2.07. The number of halogens is 1. The molecule has 0 saturated heterocycles. The Labute approximate surface area is 160 Å². The summed E-state index contributed by atoms with van der Waals surface area (Å²) in [6, 6.07) is 11.0. The summed E-state index contributed by atoms with van der Waals surface area (Å²) in [4.78, 5) is 23.7. The first-order valence-corrected chi connectivity index (χ1v) is 8.22. The minimum atomic E-state index is -0.604. The number of hydrogen-bond donors (Lipinski definition) is 4. The zero-order valence-electron chi connectivity index (χ0n) is 13.7. The Kier molecular flexibility index (Phi) is 6.76. The van der Waals surface area contributed by atoms with E-state index in [9.17, 15) is 14.7 Å². The second kappa shape index (κ2) is 9.02. The summed E-state index contributed by atoms with van der Waals surface area (Å²) < 4.78 is 5.39. The molecule has 136 valence electrons. The number of aryl methyl sites for hydroxylation is 1. The number of rotatable bonds is 4. The van der Waals surface area contributed by atoms with E-state index in [0.29, 0.717) is 10.8 Å². The van der Waals surface area contributed by atoms with Crippen molar-refractivity contribution in [2.24, 2.45) is 0 Å². The third-order valence-electron chi connectivity index (χ3n) is 3.19. The number of benzene rings is 2. The van der Waals surface area contributed by atoms with Crippen molar-refractivity contribution in [3.63, 3.8) is 0 Å². The van der Waals surface area contributed by atoms with E-state index < -0.39 is 11.8 Å². The van der Waals surface area contributed by atoms with Crippen LogP contribution >= 0.6 is 23.8 Å². The monoisotopic (exact) mass is 393 g/mol. The number of carbonyl (C=O) groups excluding carboxylic acids is 2. The smallest absolute Gasteiger partial charge is 0.273 e. The van der Waals surface area contributed by atoms with E-state index >= 15 is 0 Å². The maximum absolute atomic E-state index is 11.9. The summed E-state index contributed by atoms with van der Waals surface area (Å²) in [5.74, 6) is -0.758. The lowest BCUT2D eigenvalue weighted by molar-refractivity contribution is -0.121. The molecule has 2 rings (SSSR count). The molecule has 0 fully saturated rings. The van der Waals surface area contributed by atoms with Gasteiger partial charge in [0.05, 0.1) is 5.56 Å². The summed E-state index contributed by atoms with van der Waals surface area (Å²) in [6.07, 6.45) is 0. The third-order valence-corrected chi connectivity index (χ3v) is 3.63. The maximum Gasteiger partial charge on any atom is 0.273 e. The fraction of sp³-hybridized carbons (Fsp3) is 0.118. The summed E-state index contributed by atoms with van der Waals surface area (Å²) in [6.45, 7) is 1.54. The minimum Gasteiger partial charge on any atom is -0.507 e. The SMILES string of the molecule is Cc1cc(Cl)ccc1OCC(=O)NC(=S)NNC(=O)c1ccccc1O. The van der Waals surface area contributed by atoms with Gasteiger partial charge in [-0.15, -0.1) is 0 Å². The van der Waals surface area contributed by atoms with Crippen LogP contribution in [0.1, 0.15) is 15.9 Å². The van der Waals surface area contributed by atoms with Crippen LogP contribution in [0, 0.1) is 6.92 Å². The quantitative estimate of drug-likeness (QED) is 0.469. The molecule has 0 radical (unpaired) electrons. The Morgan fingerprint density at radius 2 is 1.92 bits per heavy atom. The molecule has 4 N–H and O–H groups in total. The molecule has 7 nitrogen and oxygen atoms in total. The van der Waals surface area contributed by atoms with Gasteiger partial charge in [-0.2, -0.15) is 0 Å². The highest BCUT2D eigenvalue weighted by molar-refractivity contribution is 7.80. The molecule has 0 aliphatic carbocycles. The predicted molar refractivity (Wildman–Crippen MR) is 101 cm³/mol. The molecule has 2 amide bonds. The Balaban J connectivity index is 1.77. The summed E-state index contributed by atoms with van der Waals surface area (Å²) >= 11 is 10.8. The van der Waals surface area contributed by atoms with Crippen LogP contribution in [0.15, 0.2) is 42.5 Å². The van der Waals surface area contributed by atoms with Gasteiger partial charge in [-0.05, 0) is 55.0 Å². The molecule has 0 bridgehead atoms. The van der Waals surface area contributed by atoms with E-state index in [1.165, 1.54) is 12.1 Å². The van der Waals surface area contributed by atoms with Gasteiger partial charge in [0.25, 0.3) is 11.8 Å². The van der Waals surface area contributed by atoms with Gasteiger partial charge >= 0.3 is 0 Å². The number of amides is 2. The van der Waals surface area contributed by atoms with E-state index in [4.69, 9.17) is 28.6 Å². The second-order valence-electron chi connectivity index (χ2n) is 5.17. The van der Waals surface area contributed by atoms with Crippen molar-refractivity contribution in [3.8, 4) is 11.5 Å². The fourth-order valence-electron chi connectivity index (χ4n) is 1.96. The molecule has 9 heteroatoms. The number of hydrazine groups is 1. The maximum atomic E-state index is 11.9. The fourth-order valence-corrected chi connectivity index (χ4v) is 2.35. The lowest BCUT2D eigenvalue weighted by Crippen LogP contribution is -2.49. The van der Waals surface area contributed by atoms with Gasteiger partial charge in [0.1, 0.15) is 11.5 Å². The molecule has 0 unspecified atom stereocenters. The number of nitrogens with one attached hydrogen (secondary N) is 3. The van der Waals surface area contributed by atoms with Crippen LogP contribution < -0.4 is 20.9 Å². The Hall–Kier alpha value is -2.84. The van der Waals surface area contributed by atoms with Crippen LogP contribution in [0.3, 0.4) is 0 Å². The highest BCUT2D eigenvalue weighted by Gasteiger charge is 2.11. The van der Waals surface area contributed by atoms with Crippen LogP contribution in [-0.4, -0.2) is 28.6 Å². The first kappa shape index (κ1) is 19.5. The molecule has 0 aliphatic rings. The molecule has 2 aromatic rings. The number of thiocarbonyl (C=S) groups is 1. The van der Waals surface area contributed by atoms with Crippen LogP contribution in [0.2, 0.25) is 5.02 Å². The number of aromatic hydroxyl groups is 1. The van der Waals surface area contributed by atoms with E-state index in [-0.39, 0.29) is 23.0 Å². The van der Waals surface area contributed by atoms with Crippen LogP contribution in [0.5, 0.6) is 11.5 Å². The average Bonchev–Trinajstić information content (AvgIpc) is 2.59. The van der Waals surface area contributed by atoms with Gasteiger partial charge in [0.15, 0.2) is 11.7 Å². The molecule has 0 heterocycles. The van der Waals surface area contributed by atoms with Crippen molar-refractivity contribution in [3.05, 3.63) is 58.6 Å². The van der Waals surface area contributed by atoms with Crippen molar-refractivity contribution < 1.29 is 19.4 Å². The Bertz CT molecular complexity index is 845.